The number of rotatable bonds is 8. The second-order valence-corrected chi connectivity index (χ2v) is 10.9. The van der Waals surface area contributed by atoms with E-state index in [0.29, 0.717) is 11.4 Å². The second-order valence-electron chi connectivity index (χ2n) is 7.64. The highest BCUT2D eigenvalue weighted by molar-refractivity contribution is 8.29. The average molecular weight is 557 g/mol. The largest absolute Gasteiger partial charge is 0.326 e. The van der Waals surface area contributed by atoms with E-state index in [0.717, 1.165) is 23.5 Å². The normalized spacial score (nSPS) is 17.7. The van der Waals surface area contributed by atoms with Crippen LogP contribution >= 0.6 is 48.0 Å². The molecule has 0 atom stereocenters. The Bertz CT molecular complexity index is 1170. The number of benzene rings is 2. The zero-order valence-corrected chi connectivity index (χ0v) is 22.0. The molecule has 184 valence electrons. The lowest BCUT2D eigenvalue weighted by atomic mass is 10.3. The molecule has 8 nitrogen and oxygen atoms in total. The van der Waals surface area contributed by atoms with Crippen LogP contribution in [-0.4, -0.2) is 55.2 Å². The molecule has 2 aromatic carbocycles. The summed E-state index contributed by atoms with van der Waals surface area (Å²) in [5.41, 5.74) is 1.32. The van der Waals surface area contributed by atoms with Gasteiger partial charge in [-0.2, -0.15) is 0 Å². The van der Waals surface area contributed by atoms with Crippen molar-refractivity contribution in [3.63, 3.8) is 0 Å². The van der Waals surface area contributed by atoms with Crippen molar-refractivity contribution in [2.24, 2.45) is 0 Å². The minimum absolute atomic E-state index is 0.0477. The lowest BCUT2D eigenvalue weighted by molar-refractivity contribution is -0.125. The van der Waals surface area contributed by atoms with Crippen LogP contribution in [0, 0.1) is 0 Å². The highest BCUT2D eigenvalue weighted by Crippen LogP contribution is 2.42. The van der Waals surface area contributed by atoms with Crippen molar-refractivity contribution < 1.29 is 19.2 Å². The van der Waals surface area contributed by atoms with Crippen LogP contribution in [0.1, 0.15) is 12.8 Å². The molecule has 2 saturated heterocycles. The summed E-state index contributed by atoms with van der Waals surface area (Å²) in [6.45, 7) is 0.180. The summed E-state index contributed by atoms with van der Waals surface area (Å²) in [6, 6.07) is 18.0. The summed E-state index contributed by atoms with van der Waals surface area (Å²) in [5.74, 6) is -1.37. The Morgan fingerprint density at radius 3 is 1.39 bits per heavy atom. The van der Waals surface area contributed by atoms with Crippen molar-refractivity contribution in [2.45, 2.75) is 12.8 Å². The first-order valence-electron chi connectivity index (χ1n) is 10.8. The first kappa shape index (κ1) is 26.0. The predicted octanol–water partition coefficient (Wildman–Crippen LogP) is 3.98. The summed E-state index contributed by atoms with van der Waals surface area (Å²) >= 11 is 12.7. The maximum atomic E-state index is 13.0. The summed E-state index contributed by atoms with van der Waals surface area (Å²) in [6.07, 6.45) is 0.0954. The number of thiocarbonyl (C=S) groups is 2. The Hall–Kier alpha value is -3.06. The number of para-hydroxylation sites is 2. The highest BCUT2D eigenvalue weighted by atomic mass is 32.2. The number of hydrogen-bond acceptors (Lipinski definition) is 8. The fourth-order valence-corrected chi connectivity index (χ4v) is 6.14. The molecule has 2 fully saturated rings. The molecule has 0 spiro atoms. The molecule has 0 saturated carbocycles. The number of carbonyl (C=O) groups is 4. The van der Waals surface area contributed by atoms with E-state index >= 15 is 0 Å². The number of nitrogens with one attached hydrogen (secondary N) is 2. The van der Waals surface area contributed by atoms with E-state index in [2.05, 4.69) is 10.6 Å². The zero-order chi connectivity index (χ0) is 25.7. The van der Waals surface area contributed by atoms with Crippen molar-refractivity contribution in [2.75, 3.05) is 23.7 Å². The summed E-state index contributed by atoms with van der Waals surface area (Å²) in [4.78, 5) is 53.6. The monoisotopic (exact) mass is 556 g/mol. The van der Waals surface area contributed by atoms with Gasteiger partial charge in [0.05, 0.1) is 9.81 Å². The third-order valence-electron chi connectivity index (χ3n) is 5.14. The average Bonchev–Trinajstić information content (AvgIpc) is 3.31. The third kappa shape index (κ3) is 6.19. The molecule has 2 aliphatic rings. The first-order chi connectivity index (χ1) is 17.3. The molecule has 0 radical (unpaired) electrons. The smallest absolute Gasteiger partial charge is 0.267 e. The fourth-order valence-electron chi connectivity index (χ4n) is 3.37. The van der Waals surface area contributed by atoms with E-state index in [4.69, 9.17) is 24.4 Å². The Labute approximate surface area is 226 Å². The lowest BCUT2D eigenvalue weighted by Gasteiger charge is -2.14. The van der Waals surface area contributed by atoms with Crippen LogP contribution in [0.5, 0.6) is 0 Å². The van der Waals surface area contributed by atoms with Gasteiger partial charge < -0.3 is 10.6 Å². The molecular formula is C24H20N4O4S4. The van der Waals surface area contributed by atoms with Gasteiger partial charge in [0.1, 0.15) is 8.64 Å². The van der Waals surface area contributed by atoms with Crippen molar-refractivity contribution in [1.29, 1.82) is 0 Å². The molecular weight excluding hydrogens is 537 g/mol. The molecule has 4 amide bonds. The molecule has 4 rings (SSSR count). The van der Waals surface area contributed by atoms with Crippen LogP contribution in [0.15, 0.2) is 70.5 Å². The van der Waals surface area contributed by atoms with Gasteiger partial charge in [-0.25, -0.2) is 0 Å². The van der Waals surface area contributed by atoms with Gasteiger partial charge in [0, 0.05) is 37.3 Å². The number of thioether (sulfide) groups is 2. The van der Waals surface area contributed by atoms with Crippen LogP contribution in [-0.2, 0) is 19.2 Å². The number of amides is 4. The van der Waals surface area contributed by atoms with Crippen LogP contribution in [0.4, 0.5) is 11.4 Å². The van der Waals surface area contributed by atoms with E-state index in [9.17, 15) is 19.2 Å². The van der Waals surface area contributed by atoms with Crippen molar-refractivity contribution in [1.82, 2.24) is 9.80 Å². The Morgan fingerprint density at radius 1 is 0.667 bits per heavy atom. The maximum Gasteiger partial charge on any atom is 0.267 e. The van der Waals surface area contributed by atoms with Gasteiger partial charge >= 0.3 is 0 Å². The van der Waals surface area contributed by atoms with Gasteiger partial charge in [0.25, 0.3) is 11.8 Å². The second kappa shape index (κ2) is 11.8. The Kier molecular flexibility index (Phi) is 8.52. The van der Waals surface area contributed by atoms with Gasteiger partial charge in [0.15, 0.2) is 0 Å². The quantitative estimate of drug-likeness (QED) is 0.372. The topological polar surface area (TPSA) is 98.8 Å². The molecule has 0 aromatic heterocycles. The van der Waals surface area contributed by atoms with Crippen molar-refractivity contribution in [3.05, 3.63) is 70.5 Å². The van der Waals surface area contributed by atoms with Crippen LogP contribution in [0.2, 0.25) is 0 Å². The van der Waals surface area contributed by atoms with Gasteiger partial charge in [-0.05, 0) is 24.3 Å². The number of nitrogens with zero attached hydrogens (tertiary/aromatic N) is 2. The standard InChI is InChI=1S/C24H20N4O4S4/c29-17(25-15-7-3-1-4-8-15)11-13-27-21(31)19(35-23(27)33)20-22(32)28(24(34)36-20)14-12-18(30)26-16-9-5-2-6-10-16/h1-10H,11-14H2,(H,25,29)(H,26,30). The molecule has 2 aromatic rings. The van der Waals surface area contributed by atoms with E-state index < -0.39 is 11.8 Å². The molecule has 0 bridgehead atoms. The van der Waals surface area contributed by atoms with Crippen molar-refractivity contribution >= 4 is 91.6 Å². The highest BCUT2D eigenvalue weighted by Gasteiger charge is 2.42. The molecule has 2 heterocycles. The Morgan fingerprint density at radius 2 is 1.03 bits per heavy atom. The first-order valence-corrected chi connectivity index (χ1v) is 13.3. The Balaban J connectivity index is 1.35. The SMILES string of the molecule is O=C(CCN1C(=O)C(=C2SC(=S)N(CCC(=O)Nc3ccccc3)C2=O)SC1=S)Nc1ccccc1. The molecule has 0 unspecified atom stereocenters. The summed E-state index contributed by atoms with van der Waals surface area (Å²) in [7, 11) is 0. The summed E-state index contributed by atoms with van der Waals surface area (Å²) in [5, 5.41) is 5.53. The van der Waals surface area contributed by atoms with E-state index in [1.54, 1.807) is 24.3 Å². The number of hydrogen-bond donors (Lipinski definition) is 2. The lowest BCUT2D eigenvalue weighted by Crippen LogP contribution is -2.33. The molecule has 2 N–H and O–H groups in total. The maximum absolute atomic E-state index is 13.0. The van der Waals surface area contributed by atoms with Gasteiger partial charge in [-0.15, -0.1) is 0 Å². The van der Waals surface area contributed by atoms with E-state index in [-0.39, 0.29) is 56.2 Å². The van der Waals surface area contributed by atoms with Gasteiger partial charge in [-0.3, -0.25) is 29.0 Å². The van der Waals surface area contributed by atoms with Crippen LogP contribution in [0.3, 0.4) is 0 Å². The van der Waals surface area contributed by atoms with Gasteiger partial charge in [-0.1, -0.05) is 84.4 Å². The zero-order valence-electron chi connectivity index (χ0n) is 18.8. The fraction of sp³-hybridized carbons (Fsp3) is 0.167. The molecule has 12 heteroatoms. The van der Waals surface area contributed by atoms with Crippen molar-refractivity contribution in [3.8, 4) is 0 Å². The van der Waals surface area contributed by atoms with E-state index in [1.165, 1.54) is 9.80 Å². The number of anilines is 2. The summed E-state index contributed by atoms with van der Waals surface area (Å²) < 4.78 is 0.546. The van der Waals surface area contributed by atoms with Crippen LogP contribution < -0.4 is 10.6 Å². The number of carbonyl (C=O) groups excluding carboxylic acids is 4. The van der Waals surface area contributed by atoms with Crippen LogP contribution in [0.25, 0.3) is 0 Å². The minimum Gasteiger partial charge on any atom is -0.326 e. The molecule has 36 heavy (non-hydrogen) atoms. The van der Waals surface area contributed by atoms with E-state index in [1.807, 2.05) is 36.4 Å². The van der Waals surface area contributed by atoms with Gasteiger partial charge in [0.2, 0.25) is 11.8 Å². The molecule has 2 aliphatic heterocycles. The molecule has 0 aliphatic carbocycles. The third-order valence-corrected chi connectivity index (χ3v) is 8.17. The minimum atomic E-state index is -0.431. The predicted molar refractivity (Wildman–Crippen MR) is 150 cm³/mol.